The van der Waals surface area contributed by atoms with Gasteiger partial charge in [0.15, 0.2) is 10.6 Å². The average Bonchev–Trinajstić information content (AvgIpc) is 2.79. The van der Waals surface area contributed by atoms with Crippen LogP contribution in [0.3, 0.4) is 0 Å². The quantitative estimate of drug-likeness (QED) is 0.862. The van der Waals surface area contributed by atoms with Crippen molar-refractivity contribution in [2.75, 3.05) is 13.6 Å². The van der Waals surface area contributed by atoms with Crippen LogP contribution in [0.25, 0.3) is 11.4 Å². The van der Waals surface area contributed by atoms with Crippen LogP contribution in [0, 0.1) is 11.7 Å². The van der Waals surface area contributed by atoms with Crippen molar-refractivity contribution in [3.63, 3.8) is 0 Å². The van der Waals surface area contributed by atoms with Gasteiger partial charge in [0, 0.05) is 43.0 Å². The highest BCUT2D eigenvalue weighted by Gasteiger charge is 2.19. The molecule has 0 atom stereocenters. The number of aromatic amines is 1. The lowest BCUT2D eigenvalue weighted by molar-refractivity contribution is 0.310. The molecule has 5 nitrogen and oxygen atoms in total. The predicted octanol–water partition coefficient (Wildman–Crippen LogP) is 2.32. The molecule has 2 aromatic heterocycles. The molecule has 0 radical (unpaired) electrons. The van der Waals surface area contributed by atoms with E-state index in [4.69, 9.17) is 17.2 Å². The average molecular weight is 289 g/mol. The topological polar surface area (TPSA) is 49.7 Å². The Labute approximate surface area is 123 Å². The van der Waals surface area contributed by atoms with Crippen molar-refractivity contribution in [3.8, 4) is 11.4 Å². The minimum Gasteiger partial charge on any atom is -0.302 e. The number of hydrogen-bond donors (Lipinski definition) is 1. The molecule has 0 unspecified atom stereocenters. The number of likely N-dealkylation sites (N-methyl/N-ethyl adjacent to an activating group) is 1. The van der Waals surface area contributed by atoms with E-state index in [0.29, 0.717) is 4.77 Å². The van der Waals surface area contributed by atoms with E-state index in [0.717, 1.165) is 43.1 Å². The molecule has 0 saturated heterocycles. The predicted molar refractivity (Wildman–Crippen MR) is 81.1 cm³/mol. The van der Waals surface area contributed by atoms with Gasteiger partial charge >= 0.3 is 0 Å². The lowest BCUT2D eigenvalue weighted by atomic mass is 10.0. The third-order valence-corrected chi connectivity index (χ3v) is 4.18. The number of nitrogens with zero attached hydrogens (tertiary/aromatic N) is 4. The fourth-order valence-corrected chi connectivity index (χ4v) is 3.02. The lowest BCUT2D eigenvalue weighted by Gasteiger charge is -2.25. The normalized spacial score (nSPS) is 15.3. The Balaban J connectivity index is 2.14. The Morgan fingerprint density at radius 3 is 3.00 bits per heavy atom. The summed E-state index contributed by atoms with van der Waals surface area (Å²) in [5.41, 5.74) is 4.63. The van der Waals surface area contributed by atoms with Crippen LogP contribution >= 0.6 is 12.2 Å². The van der Waals surface area contributed by atoms with Gasteiger partial charge in [0.2, 0.25) is 0 Å². The van der Waals surface area contributed by atoms with E-state index in [9.17, 15) is 0 Å². The molecule has 3 heterocycles. The molecule has 2 aromatic rings. The van der Waals surface area contributed by atoms with Crippen LogP contribution in [0.4, 0.5) is 0 Å². The molecule has 1 aliphatic rings. The Hall–Kier alpha value is -1.53. The number of pyridine rings is 1. The molecular weight excluding hydrogens is 270 g/mol. The third-order valence-electron chi connectivity index (χ3n) is 3.87. The SMILES string of the molecule is CCn1c(-c2cc3c(nc2C)CCN(C)C3)n[nH]c1=S. The summed E-state index contributed by atoms with van der Waals surface area (Å²) in [5.74, 6) is 0.888. The van der Waals surface area contributed by atoms with Crippen molar-refractivity contribution >= 4 is 12.2 Å². The molecule has 0 amide bonds. The van der Waals surface area contributed by atoms with E-state index in [1.165, 1.54) is 11.3 Å². The van der Waals surface area contributed by atoms with E-state index in [1.54, 1.807) is 0 Å². The van der Waals surface area contributed by atoms with Crippen LogP contribution in [0.15, 0.2) is 6.07 Å². The van der Waals surface area contributed by atoms with Gasteiger partial charge in [0.1, 0.15) is 0 Å². The highest BCUT2D eigenvalue weighted by atomic mass is 32.1. The molecule has 6 heteroatoms. The van der Waals surface area contributed by atoms with Gasteiger partial charge in [-0.1, -0.05) is 0 Å². The van der Waals surface area contributed by atoms with Crippen molar-refractivity contribution < 1.29 is 0 Å². The van der Waals surface area contributed by atoms with Gasteiger partial charge in [-0.25, -0.2) is 0 Å². The van der Waals surface area contributed by atoms with Crippen LogP contribution in [0.1, 0.15) is 23.9 Å². The summed E-state index contributed by atoms with van der Waals surface area (Å²) in [6.45, 7) is 6.95. The fourth-order valence-electron chi connectivity index (χ4n) is 2.76. The van der Waals surface area contributed by atoms with Crippen molar-refractivity contribution in [2.45, 2.75) is 33.4 Å². The molecule has 20 heavy (non-hydrogen) atoms. The maximum Gasteiger partial charge on any atom is 0.195 e. The van der Waals surface area contributed by atoms with Gasteiger partial charge in [0.05, 0.1) is 0 Å². The zero-order chi connectivity index (χ0) is 14.3. The minimum atomic E-state index is 0.664. The smallest absolute Gasteiger partial charge is 0.195 e. The molecule has 106 valence electrons. The van der Waals surface area contributed by atoms with Gasteiger partial charge in [-0.05, 0) is 44.7 Å². The zero-order valence-electron chi connectivity index (χ0n) is 12.1. The summed E-state index contributed by atoms with van der Waals surface area (Å²) < 4.78 is 2.68. The first-order chi connectivity index (χ1) is 9.60. The molecule has 0 bridgehead atoms. The van der Waals surface area contributed by atoms with Gasteiger partial charge in [-0.15, -0.1) is 0 Å². The first-order valence-corrected chi connectivity index (χ1v) is 7.34. The highest BCUT2D eigenvalue weighted by Crippen LogP contribution is 2.26. The standard InChI is InChI=1S/C14H19N5S/c1-4-19-13(16-17-14(19)20)11-7-10-8-18(3)6-5-12(10)15-9(11)2/h7H,4-6,8H2,1-3H3,(H,17,20). The second-order valence-electron chi connectivity index (χ2n) is 5.31. The van der Waals surface area contributed by atoms with Gasteiger partial charge < -0.3 is 9.47 Å². The number of aryl methyl sites for hydroxylation is 1. The van der Waals surface area contributed by atoms with Crippen LogP contribution in [0.2, 0.25) is 0 Å². The van der Waals surface area contributed by atoms with Crippen molar-refractivity contribution in [2.24, 2.45) is 0 Å². The second-order valence-corrected chi connectivity index (χ2v) is 5.70. The summed E-state index contributed by atoms with van der Waals surface area (Å²) in [5, 5.41) is 7.26. The third kappa shape index (κ3) is 2.19. The van der Waals surface area contributed by atoms with Crippen molar-refractivity contribution in [1.82, 2.24) is 24.6 Å². The number of aromatic nitrogens is 4. The summed E-state index contributed by atoms with van der Waals surface area (Å²) in [6.07, 6.45) is 1.02. The zero-order valence-corrected chi connectivity index (χ0v) is 12.9. The van der Waals surface area contributed by atoms with E-state index in [-0.39, 0.29) is 0 Å². The summed E-state index contributed by atoms with van der Waals surface area (Å²) >= 11 is 5.27. The van der Waals surface area contributed by atoms with E-state index in [2.05, 4.69) is 35.1 Å². The maximum atomic E-state index is 5.27. The van der Waals surface area contributed by atoms with Gasteiger partial charge in [0.25, 0.3) is 0 Å². The molecular formula is C14H19N5S. The maximum absolute atomic E-state index is 5.27. The minimum absolute atomic E-state index is 0.664. The molecule has 0 aromatic carbocycles. The van der Waals surface area contributed by atoms with Crippen LogP contribution in [-0.4, -0.2) is 38.2 Å². The molecule has 1 N–H and O–H groups in total. The monoisotopic (exact) mass is 289 g/mol. The number of rotatable bonds is 2. The van der Waals surface area contributed by atoms with Crippen molar-refractivity contribution in [1.29, 1.82) is 0 Å². The molecule has 0 fully saturated rings. The Kier molecular flexibility index (Phi) is 3.43. The lowest BCUT2D eigenvalue weighted by Crippen LogP contribution is -2.27. The van der Waals surface area contributed by atoms with Gasteiger partial charge in [-0.2, -0.15) is 5.10 Å². The first kappa shape index (κ1) is 13.5. The Morgan fingerprint density at radius 1 is 1.45 bits per heavy atom. The van der Waals surface area contributed by atoms with E-state index in [1.807, 2.05) is 11.5 Å². The van der Waals surface area contributed by atoms with E-state index >= 15 is 0 Å². The number of nitrogens with one attached hydrogen (secondary N) is 1. The van der Waals surface area contributed by atoms with E-state index < -0.39 is 0 Å². The Bertz CT molecular complexity index is 700. The summed E-state index contributed by atoms with van der Waals surface area (Å²) in [6, 6.07) is 2.23. The molecule has 0 saturated carbocycles. The summed E-state index contributed by atoms with van der Waals surface area (Å²) in [4.78, 5) is 7.10. The number of hydrogen-bond acceptors (Lipinski definition) is 4. The fraction of sp³-hybridized carbons (Fsp3) is 0.500. The number of fused-ring (bicyclic) bond motifs is 1. The highest BCUT2D eigenvalue weighted by molar-refractivity contribution is 7.71. The van der Waals surface area contributed by atoms with Crippen LogP contribution in [0.5, 0.6) is 0 Å². The second kappa shape index (κ2) is 5.10. The summed E-state index contributed by atoms with van der Waals surface area (Å²) in [7, 11) is 2.14. The largest absolute Gasteiger partial charge is 0.302 e. The Morgan fingerprint density at radius 2 is 2.25 bits per heavy atom. The molecule has 0 spiro atoms. The first-order valence-electron chi connectivity index (χ1n) is 6.93. The van der Waals surface area contributed by atoms with Crippen LogP contribution < -0.4 is 0 Å². The molecule has 1 aliphatic heterocycles. The molecule has 0 aliphatic carbocycles. The number of H-pyrrole nitrogens is 1. The molecule has 3 rings (SSSR count). The van der Waals surface area contributed by atoms with Gasteiger partial charge in [-0.3, -0.25) is 10.1 Å². The van der Waals surface area contributed by atoms with Crippen LogP contribution in [-0.2, 0) is 19.5 Å². The van der Waals surface area contributed by atoms with Crippen molar-refractivity contribution in [3.05, 3.63) is 27.8 Å².